The van der Waals surface area contributed by atoms with E-state index >= 15 is 0 Å². The van der Waals surface area contributed by atoms with Crippen LogP contribution in [-0.4, -0.2) is 72.9 Å². The summed E-state index contributed by atoms with van der Waals surface area (Å²) in [6, 6.07) is 1.15. The van der Waals surface area contributed by atoms with Crippen LogP contribution in [0, 0.1) is 5.92 Å². The molecule has 0 aliphatic carbocycles. The lowest BCUT2D eigenvalue weighted by Gasteiger charge is -2.43. The summed E-state index contributed by atoms with van der Waals surface area (Å²) in [6.45, 7) is 13.5. The third-order valence-corrected chi connectivity index (χ3v) is 3.84. The summed E-state index contributed by atoms with van der Waals surface area (Å²) in [5.74, 6) is 0.640. The molecule has 4 heteroatoms. The summed E-state index contributed by atoms with van der Waals surface area (Å²) in [5, 5.41) is 13.4. The molecule has 0 saturated carbocycles. The summed E-state index contributed by atoms with van der Waals surface area (Å²) in [7, 11) is 2.19. The molecule has 0 aromatic rings. The van der Waals surface area contributed by atoms with Crippen LogP contribution in [0.25, 0.3) is 0 Å². The van der Waals surface area contributed by atoms with Crippen molar-refractivity contribution in [1.82, 2.24) is 15.1 Å². The molecular weight excluding hydrogens is 226 g/mol. The van der Waals surface area contributed by atoms with Crippen molar-refractivity contribution in [3.05, 3.63) is 0 Å². The Morgan fingerprint density at radius 1 is 1.17 bits per heavy atom. The SMILES string of the molecule is CC(C)CNCC(O)CN1CC(C)N(C)C(C)C1. The van der Waals surface area contributed by atoms with E-state index in [0.29, 0.717) is 24.5 Å². The molecule has 1 saturated heterocycles. The van der Waals surface area contributed by atoms with Crippen molar-refractivity contribution >= 4 is 0 Å². The lowest BCUT2D eigenvalue weighted by atomic mass is 10.1. The molecule has 0 aromatic carbocycles. The van der Waals surface area contributed by atoms with E-state index in [-0.39, 0.29) is 6.10 Å². The van der Waals surface area contributed by atoms with E-state index in [1.807, 2.05) is 0 Å². The molecule has 3 unspecified atom stereocenters. The molecule has 108 valence electrons. The van der Waals surface area contributed by atoms with E-state index < -0.39 is 0 Å². The van der Waals surface area contributed by atoms with Crippen LogP contribution >= 0.6 is 0 Å². The maximum Gasteiger partial charge on any atom is 0.0791 e. The van der Waals surface area contributed by atoms with Crippen LogP contribution in [0.3, 0.4) is 0 Å². The second-order valence-electron chi connectivity index (χ2n) is 6.29. The number of hydrogen-bond donors (Lipinski definition) is 2. The quantitative estimate of drug-likeness (QED) is 0.731. The maximum absolute atomic E-state index is 10.0. The van der Waals surface area contributed by atoms with Gasteiger partial charge >= 0.3 is 0 Å². The molecule has 1 rings (SSSR count). The second kappa shape index (κ2) is 7.43. The fourth-order valence-corrected chi connectivity index (χ4v) is 2.56. The van der Waals surface area contributed by atoms with Crippen molar-refractivity contribution in [2.24, 2.45) is 5.92 Å². The van der Waals surface area contributed by atoms with E-state index in [9.17, 15) is 5.11 Å². The van der Waals surface area contributed by atoms with E-state index in [1.54, 1.807) is 0 Å². The normalized spacial score (nSPS) is 28.8. The fraction of sp³-hybridized carbons (Fsp3) is 1.00. The van der Waals surface area contributed by atoms with Crippen LogP contribution in [0.1, 0.15) is 27.7 Å². The van der Waals surface area contributed by atoms with E-state index in [1.165, 1.54) is 0 Å². The zero-order valence-corrected chi connectivity index (χ0v) is 12.7. The summed E-state index contributed by atoms with van der Waals surface area (Å²) >= 11 is 0. The average Bonchev–Trinajstić information content (AvgIpc) is 2.25. The molecule has 4 nitrogen and oxygen atoms in total. The number of β-amino-alcohol motifs (C(OH)–C–C–N with tert-alkyl or cyclic N) is 1. The molecule has 2 N–H and O–H groups in total. The van der Waals surface area contributed by atoms with Crippen molar-refractivity contribution in [2.45, 2.75) is 45.9 Å². The predicted molar refractivity (Wildman–Crippen MR) is 76.8 cm³/mol. The van der Waals surface area contributed by atoms with Crippen molar-refractivity contribution in [3.63, 3.8) is 0 Å². The largest absolute Gasteiger partial charge is 0.390 e. The van der Waals surface area contributed by atoms with Gasteiger partial charge in [0.15, 0.2) is 0 Å². The van der Waals surface area contributed by atoms with Crippen molar-refractivity contribution in [3.8, 4) is 0 Å². The minimum Gasteiger partial charge on any atom is -0.390 e. The molecule has 0 aromatic heterocycles. The first-order valence-electron chi connectivity index (χ1n) is 7.23. The van der Waals surface area contributed by atoms with Gasteiger partial charge in [-0.1, -0.05) is 13.8 Å². The van der Waals surface area contributed by atoms with Gasteiger partial charge in [-0.25, -0.2) is 0 Å². The number of nitrogens with zero attached hydrogens (tertiary/aromatic N) is 2. The Morgan fingerprint density at radius 2 is 1.72 bits per heavy atom. The van der Waals surface area contributed by atoms with Crippen LogP contribution in [0.15, 0.2) is 0 Å². The van der Waals surface area contributed by atoms with Crippen LogP contribution < -0.4 is 5.32 Å². The molecule has 0 radical (unpaired) electrons. The molecule has 0 amide bonds. The lowest BCUT2D eigenvalue weighted by Crippen LogP contribution is -2.56. The van der Waals surface area contributed by atoms with Gasteiger partial charge in [0.1, 0.15) is 0 Å². The van der Waals surface area contributed by atoms with Gasteiger partial charge in [0.25, 0.3) is 0 Å². The average molecular weight is 257 g/mol. The first-order chi connectivity index (χ1) is 8.40. The number of rotatable bonds is 6. The van der Waals surface area contributed by atoms with Gasteiger partial charge in [-0.05, 0) is 33.4 Å². The molecule has 18 heavy (non-hydrogen) atoms. The Labute approximate surface area is 112 Å². The highest BCUT2D eigenvalue weighted by Gasteiger charge is 2.27. The Kier molecular flexibility index (Phi) is 6.57. The van der Waals surface area contributed by atoms with Crippen molar-refractivity contribution in [1.29, 1.82) is 0 Å². The molecular formula is C14H31N3O. The van der Waals surface area contributed by atoms with Gasteiger partial charge in [0, 0.05) is 38.3 Å². The van der Waals surface area contributed by atoms with Gasteiger partial charge in [-0.15, -0.1) is 0 Å². The monoisotopic (exact) mass is 257 g/mol. The number of nitrogens with one attached hydrogen (secondary N) is 1. The van der Waals surface area contributed by atoms with Gasteiger partial charge in [0.05, 0.1) is 6.10 Å². The van der Waals surface area contributed by atoms with E-state index in [4.69, 9.17) is 0 Å². The van der Waals surface area contributed by atoms with Crippen molar-refractivity contribution in [2.75, 3.05) is 39.8 Å². The zero-order valence-electron chi connectivity index (χ0n) is 12.7. The minimum atomic E-state index is -0.258. The Hall–Kier alpha value is -0.160. The number of piperazine rings is 1. The number of likely N-dealkylation sites (N-methyl/N-ethyl adjacent to an activating group) is 1. The lowest BCUT2D eigenvalue weighted by molar-refractivity contribution is 0.0287. The third kappa shape index (κ3) is 5.22. The van der Waals surface area contributed by atoms with Crippen LogP contribution in [0.5, 0.6) is 0 Å². The molecule has 0 spiro atoms. The summed E-state index contributed by atoms with van der Waals surface area (Å²) in [4.78, 5) is 4.80. The Bertz CT molecular complexity index is 223. The van der Waals surface area contributed by atoms with Crippen LogP contribution in [0.4, 0.5) is 0 Å². The first kappa shape index (κ1) is 15.9. The topological polar surface area (TPSA) is 38.7 Å². The fourth-order valence-electron chi connectivity index (χ4n) is 2.56. The highest BCUT2D eigenvalue weighted by Crippen LogP contribution is 2.13. The highest BCUT2D eigenvalue weighted by molar-refractivity contribution is 4.83. The number of aliphatic hydroxyl groups is 1. The van der Waals surface area contributed by atoms with Crippen LogP contribution in [0.2, 0.25) is 0 Å². The number of hydrogen-bond acceptors (Lipinski definition) is 4. The Balaban J connectivity index is 2.25. The number of aliphatic hydroxyl groups excluding tert-OH is 1. The van der Waals surface area contributed by atoms with Crippen LogP contribution in [-0.2, 0) is 0 Å². The third-order valence-electron chi connectivity index (χ3n) is 3.84. The summed E-state index contributed by atoms with van der Waals surface area (Å²) in [6.07, 6.45) is -0.258. The van der Waals surface area contributed by atoms with Gasteiger partial charge in [-0.3, -0.25) is 9.80 Å². The molecule has 1 heterocycles. The van der Waals surface area contributed by atoms with Gasteiger partial charge in [-0.2, -0.15) is 0 Å². The molecule has 1 aliphatic heterocycles. The van der Waals surface area contributed by atoms with Gasteiger partial charge in [0.2, 0.25) is 0 Å². The molecule has 3 atom stereocenters. The van der Waals surface area contributed by atoms with E-state index in [0.717, 1.165) is 26.2 Å². The summed E-state index contributed by atoms with van der Waals surface area (Å²) in [5.41, 5.74) is 0. The smallest absolute Gasteiger partial charge is 0.0791 e. The minimum absolute atomic E-state index is 0.258. The molecule has 0 bridgehead atoms. The van der Waals surface area contributed by atoms with Crippen molar-refractivity contribution < 1.29 is 5.11 Å². The highest BCUT2D eigenvalue weighted by atomic mass is 16.3. The summed E-state index contributed by atoms with van der Waals surface area (Å²) < 4.78 is 0. The van der Waals surface area contributed by atoms with Gasteiger partial charge < -0.3 is 10.4 Å². The first-order valence-corrected chi connectivity index (χ1v) is 7.23. The maximum atomic E-state index is 10.0. The standard InChI is InChI=1S/C14H31N3O/c1-11(2)6-15-7-14(18)10-17-8-12(3)16(5)13(4)9-17/h11-15,18H,6-10H2,1-5H3. The molecule has 1 fully saturated rings. The molecule has 1 aliphatic rings. The Morgan fingerprint density at radius 3 is 2.22 bits per heavy atom. The second-order valence-corrected chi connectivity index (χ2v) is 6.29. The zero-order chi connectivity index (χ0) is 13.7. The van der Waals surface area contributed by atoms with E-state index in [2.05, 4.69) is 49.9 Å². The predicted octanol–water partition coefficient (Wildman–Crippen LogP) is 0.617.